The molecule has 2 rings (SSSR count). The van der Waals surface area contributed by atoms with E-state index in [-0.39, 0.29) is 5.82 Å². The molecule has 0 amide bonds. The quantitative estimate of drug-likeness (QED) is 0.527. The highest BCUT2D eigenvalue weighted by molar-refractivity contribution is 5.28. The number of anilines is 1. The van der Waals surface area contributed by atoms with Crippen LogP contribution in [0.5, 0.6) is 0 Å². The van der Waals surface area contributed by atoms with E-state index in [1.165, 1.54) is 12.8 Å². The van der Waals surface area contributed by atoms with Crippen molar-refractivity contribution in [1.29, 1.82) is 0 Å². The zero-order valence-electron chi connectivity index (χ0n) is 8.88. The van der Waals surface area contributed by atoms with Gasteiger partial charge in [-0.3, -0.25) is 9.78 Å². The van der Waals surface area contributed by atoms with Crippen LogP contribution < -0.4 is 21.9 Å². The maximum atomic E-state index is 11.3. The minimum Gasteiger partial charge on any atom is -0.364 e. The van der Waals surface area contributed by atoms with Crippen LogP contribution in [0.3, 0.4) is 0 Å². The van der Waals surface area contributed by atoms with Gasteiger partial charge in [0.2, 0.25) is 5.82 Å². The van der Waals surface area contributed by atoms with Gasteiger partial charge in [-0.15, -0.1) is 5.10 Å². The van der Waals surface area contributed by atoms with Gasteiger partial charge in [0.15, 0.2) is 0 Å². The van der Waals surface area contributed by atoms with Crippen LogP contribution >= 0.6 is 0 Å². The van der Waals surface area contributed by atoms with Crippen LogP contribution in [0.1, 0.15) is 19.3 Å². The molecule has 1 saturated heterocycles. The standard InChI is InChI=1S/C9H15N5O2/c15-8-7(13-14-9(16)12-8)11-5-3-6-2-1-4-10-6/h6,10H,1-5H2,(H,11,13)(H2,12,14,15,16)/t6-/m0/s1. The lowest BCUT2D eigenvalue weighted by molar-refractivity contribution is 0.573. The number of nitrogens with one attached hydrogen (secondary N) is 4. The molecule has 1 atom stereocenters. The predicted molar refractivity (Wildman–Crippen MR) is 59.6 cm³/mol. The fraction of sp³-hybridized carbons (Fsp3) is 0.667. The molecule has 0 unspecified atom stereocenters. The van der Waals surface area contributed by atoms with E-state index in [9.17, 15) is 9.59 Å². The maximum absolute atomic E-state index is 11.3. The molecule has 1 aromatic heterocycles. The highest BCUT2D eigenvalue weighted by atomic mass is 16.2. The molecule has 1 aliphatic heterocycles. The Morgan fingerprint density at radius 2 is 2.31 bits per heavy atom. The smallest absolute Gasteiger partial charge is 0.342 e. The summed E-state index contributed by atoms with van der Waals surface area (Å²) in [6, 6.07) is 0.523. The average molecular weight is 225 g/mol. The van der Waals surface area contributed by atoms with Gasteiger partial charge in [0.25, 0.3) is 5.56 Å². The SMILES string of the molecule is O=c1[nH]nc(NCC[C@@H]2CCCN2)c(=O)[nH]1. The first kappa shape index (κ1) is 10.9. The molecule has 16 heavy (non-hydrogen) atoms. The van der Waals surface area contributed by atoms with Crippen LogP contribution in [-0.4, -0.2) is 34.3 Å². The van der Waals surface area contributed by atoms with Crippen molar-refractivity contribution in [2.24, 2.45) is 0 Å². The molecule has 1 aromatic rings. The number of hydrogen-bond donors (Lipinski definition) is 4. The molecule has 0 spiro atoms. The molecule has 7 heteroatoms. The summed E-state index contributed by atoms with van der Waals surface area (Å²) >= 11 is 0. The van der Waals surface area contributed by atoms with Crippen LogP contribution in [0.4, 0.5) is 5.82 Å². The van der Waals surface area contributed by atoms with E-state index in [0.29, 0.717) is 12.6 Å². The summed E-state index contributed by atoms with van der Waals surface area (Å²) in [6.07, 6.45) is 3.33. The van der Waals surface area contributed by atoms with Gasteiger partial charge in [0, 0.05) is 12.6 Å². The van der Waals surface area contributed by atoms with E-state index in [1.807, 2.05) is 0 Å². The number of aromatic nitrogens is 3. The van der Waals surface area contributed by atoms with Crippen molar-refractivity contribution in [3.05, 3.63) is 20.8 Å². The number of nitrogens with zero attached hydrogens (tertiary/aromatic N) is 1. The fourth-order valence-electron chi connectivity index (χ4n) is 1.84. The molecule has 2 heterocycles. The number of aromatic amines is 2. The Morgan fingerprint density at radius 1 is 1.44 bits per heavy atom. The van der Waals surface area contributed by atoms with Crippen LogP contribution in [0, 0.1) is 0 Å². The van der Waals surface area contributed by atoms with Crippen molar-refractivity contribution in [2.75, 3.05) is 18.4 Å². The third-order valence-electron chi connectivity index (χ3n) is 2.66. The van der Waals surface area contributed by atoms with Crippen molar-refractivity contribution in [3.63, 3.8) is 0 Å². The summed E-state index contributed by atoms with van der Waals surface area (Å²) in [6.45, 7) is 1.74. The summed E-state index contributed by atoms with van der Waals surface area (Å²) in [5.41, 5.74) is -1.07. The third-order valence-corrected chi connectivity index (χ3v) is 2.66. The molecule has 0 bridgehead atoms. The highest BCUT2D eigenvalue weighted by Gasteiger charge is 2.13. The lowest BCUT2D eigenvalue weighted by atomic mass is 10.1. The lowest BCUT2D eigenvalue weighted by Gasteiger charge is -2.09. The molecule has 1 aliphatic rings. The van der Waals surface area contributed by atoms with Gasteiger partial charge in [0.1, 0.15) is 0 Å². The monoisotopic (exact) mass is 225 g/mol. The minimum atomic E-state index is -0.590. The van der Waals surface area contributed by atoms with E-state index in [1.54, 1.807) is 0 Å². The van der Waals surface area contributed by atoms with E-state index >= 15 is 0 Å². The van der Waals surface area contributed by atoms with Crippen LogP contribution in [0.2, 0.25) is 0 Å². The number of rotatable bonds is 4. The molecular formula is C9H15N5O2. The van der Waals surface area contributed by atoms with Crippen molar-refractivity contribution >= 4 is 5.82 Å². The van der Waals surface area contributed by atoms with Crippen LogP contribution in [0.15, 0.2) is 9.59 Å². The first-order valence-electron chi connectivity index (χ1n) is 5.42. The maximum Gasteiger partial charge on any atom is 0.342 e. The third kappa shape index (κ3) is 2.69. The van der Waals surface area contributed by atoms with E-state index in [4.69, 9.17) is 0 Å². The Labute approximate surface area is 91.7 Å². The van der Waals surface area contributed by atoms with E-state index in [0.717, 1.165) is 13.0 Å². The van der Waals surface area contributed by atoms with Gasteiger partial charge in [-0.05, 0) is 25.8 Å². The summed E-state index contributed by atoms with van der Waals surface area (Å²) in [5.74, 6) is 0.164. The molecule has 0 radical (unpaired) electrons. The number of H-pyrrole nitrogens is 2. The summed E-state index contributed by atoms with van der Waals surface area (Å²) in [5, 5.41) is 12.1. The second kappa shape index (κ2) is 4.93. The molecule has 88 valence electrons. The Balaban J connectivity index is 1.84. The van der Waals surface area contributed by atoms with Gasteiger partial charge >= 0.3 is 5.69 Å². The van der Waals surface area contributed by atoms with Gasteiger partial charge in [0.05, 0.1) is 0 Å². The topological polar surface area (TPSA) is 103 Å². The molecule has 0 aliphatic carbocycles. The average Bonchev–Trinajstić information content (AvgIpc) is 2.74. The van der Waals surface area contributed by atoms with Gasteiger partial charge in [-0.2, -0.15) is 0 Å². The second-order valence-electron chi connectivity index (χ2n) is 3.86. The summed E-state index contributed by atoms with van der Waals surface area (Å²) < 4.78 is 0. The van der Waals surface area contributed by atoms with Crippen LogP contribution in [-0.2, 0) is 0 Å². The van der Waals surface area contributed by atoms with Crippen LogP contribution in [0.25, 0.3) is 0 Å². The minimum absolute atomic E-state index is 0.164. The Morgan fingerprint density at radius 3 is 3.00 bits per heavy atom. The lowest BCUT2D eigenvalue weighted by Crippen LogP contribution is -2.29. The second-order valence-corrected chi connectivity index (χ2v) is 3.86. The van der Waals surface area contributed by atoms with E-state index < -0.39 is 11.2 Å². The van der Waals surface area contributed by atoms with Crippen molar-refractivity contribution < 1.29 is 0 Å². The molecule has 1 fully saturated rings. The zero-order valence-corrected chi connectivity index (χ0v) is 8.88. The molecule has 7 nitrogen and oxygen atoms in total. The van der Waals surface area contributed by atoms with Gasteiger partial charge in [-0.1, -0.05) is 0 Å². The highest BCUT2D eigenvalue weighted by Crippen LogP contribution is 2.08. The first-order chi connectivity index (χ1) is 7.75. The van der Waals surface area contributed by atoms with E-state index in [2.05, 4.69) is 25.8 Å². The van der Waals surface area contributed by atoms with Gasteiger partial charge < -0.3 is 10.6 Å². The normalized spacial score (nSPS) is 19.9. The Bertz CT molecular complexity index is 446. The van der Waals surface area contributed by atoms with Gasteiger partial charge in [-0.25, -0.2) is 9.89 Å². The predicted octanol–water partition coefficient (Wildman–Crippen LogP) is -0.988. The van der Waals surface area contributed by atoms with Crippen molar-refractivity contribution in [1.82, 2.24) is 20.5 Å². The van der Waals surface area contributed by atoms with Crippen molar-refractivity contribution in [2.45, 2.75) is 25.3 Å². The molecule has 0 aromatic carbocycles. The largest absolute Gasteiger partial charge is 0.364 e. The Kier molecular flexibility index (Phi) is 3.35. The molecule has 0 saturated carbocycles. The zero-order chi connectivity index (χ0) is 11.4. The summed E-state index contributed by atoms with van der Waals surface area (Å²) in [4.78, 5) is 24.1. The van der Waals surface area contributed by atoms with Crippen molar-refractivity contribution in [3.8, 4) is 0 Å². The fourth-order valence-corrected chi connectivity index (χ4v) is 1.84. The molecular weight excluding hydrogens is 210 g/mol. The first-order valence-corrected chi connectivity index (χ1v) is 5.42. The summed E-state index contributed by atoms with van der Waals surface area (Å²) in [7, 11) is 0. The molecule has 4 N–H and O–H groups in total. The Hall–Kier alpha value is -1.63. The number of hydrogen-bond acceptors (Lipinski definition) is 5.